The number of aromatic nitrogens is 1. The molecule has 3 nitrogen and oxygen atoms in total. The van der Waals surface area contributed by atoms with Crippen molar-refractivity contribution in [1.82, 2.24) is 10.3 Å². The second-order valence-electron chi connectivity index (χ2n) is 3.90. The van der Waals surface area contributed by atoms with E-state index < -0.39 is 0 Å². The first-order chi connectivity index (χ1) is 7.24. The Labute approximate surface area is 91.5 Å². The molecule has 2 unspecified atom stereocenters. The molecule has 1 aromatic rings. The van der Waals surface area contributed by atoms with E-state index in [0.717, 1.165) is 12.1 Å². The molecule has 0 aromatic carbocycles. The van der Waals surface area contributed by atoms with E-state index in [4.69, 9.17) is 0 Å². The summed E-state index contributed by atoms with van der Waals surface area (Å²) in [4.78, 5) is 4.20. The summed E-state index contributed by atoms with van der Waals surface area (Å²) in [6, 6.07) is 5.84. The first kappa shape index (κ1) is 12.1. The van der Waals surface area contributed by atoms with Crippen molar-refractivity contribution in [2.75, 3.05) is 6.54 Å². The highest BCUT2D eigenvalue weighted by Gasteiger charge is 2.10. The highest BCUT2D eigenvalue weighted by Crippen LogP contribution is 2.06. The zero-order valence-corrected chi connectivity index (χ0v) is 9.48. The number of hydrogen-bond donors (Lipinski definition) is 2. The van der Waals surface area contributed by atoms with Gasteiger partial charge in [0.2, 0.25) is 0 Å². The Hall–Kier alpha value is -0.930. The molecule has 0 aliphatic heterocycles. The summed E-state index contributed by atoms with van der Waals surface area (Å²) in [6.07, 6.45) is 2.52. The van der Waals surface area contributed by atoms with E-state index in [1.165, 1.54) is 0 Å². The summed E-state index contributed by atoms with van der Waals surface area (Å²) >= 11 is 0. The lowest BCUT2D eigenvalue weighted by Gasteiger charge is -2.17. The molecule has 0 saturated carbocycles. The molecule has 0 fully saturated rings. The lowest BCUT2D eigenvalue weighted by Crippen LogP contribution is -2.31. The van der Waals surface area contributed by atoms with Crippen LogP contribution in [-0.2, 0) is 6.54 Å². The van der Waals surface area contributed by atoms with Gasteiger partial charge in [0, 0.05) is 19.3 Å². The topological polar surface area (TPSA) is 45.1 Å². The van der Waals surface area contributed by atoms with Crippen LogP contribution in [0.2, 0.25) is 0 Å². The van der Waals surface area contributed by atoms with E-state index >= 15 is 0 Å². The van der Waals surface area contributed by atoms with Crippen LogP contribution in [0.5, 0.6) is 0 Å². The summed E-state index contributed by atoms with van der Waals surface area (Å²) in [7, 11) is 0. The molecule has 0 saturated heterocycles. The predicted octanol–water partition coefficient (Wildman–Crippen LogP) is 1.58. The molecule has 0 bridgehead atoms. The fraction of sp³-hybridized carbons (Fsp3) is 0.583. The number of rotatable bonds is 6. The van der Waals surface area contributed by atoms with Crippen LogP contribution in [0, 0.1) is 5.92 Å². The van der Waals surface area contributed by atoms with Gasteiger partial charge < -0.3 is 10.4 Å². The van der Waals surface area contributed by atoms with Crippen molar-refractivity contribution in [3.05, 3.63) is 30.1 Å². The van der Waals surface area contributed by atoms with Gasteiger partial charge in [0.05, 0.1) is 11.8 Å². The van der Waals surface area contributed by atoms with Crippen LogP contribution in [0.25, 0.3) is 0 Å². The van der Waals surface area contributed by atoms with Crippen LogP contribution in [0.1, 0.15) is 26.0 Å². The van der Waals surface area contributed by atoms with Crippen molar-refractivity contribution in [2.24, 2.45) is 5.92 Å². The Morgan fingerprint density at radius 1 is 1.47 bits per heavy atom. The van der Waals surface area contributed by atoms with Crippen molar-refractivity contribution in [3.63, 3.8) is 0 Å². The third-order valence-corrected chi connectivity index (χ3v) is 2.69. The van der Waals surface area contributed by atoms with Gasteiger partial charge in [0.15, 0.2) is 0 Å². The largest absolute Gasteiger partial charge is 0.392 e. The fourth-order valence-electron chi connectivity index (χ4n) is 1.32. The second-order valence-corrected chi connectivity index (χ2v) is 3.90. The average Bonchev–Trinajstić information content (AvgIpc) is 2.29. The molecular formula is C12H20N2O. The number of hydrogen-bond acceptors (Lipinski definition) is 3. The fourth-order valence-corrected chi connectivity index (χ4v) is 1.32. The Kier molecular flexibility index (Phi) is 5.29. The average molecular weight is 208 g/mol. The molecule has 1 heterocycles. The third-order valence-electron chi connectivity index (χ3n) is 2.69. The summed E-state index contributed by atoms with van der Waals surface area (Å²) in [5.41, 5.74) is 1.01. The van der Waals surface area contributed by atoms with Crippen LogP contribution in [-0.4, -0.2) is 22.7 Å². The van der Waals surface area contributed by atoms with Crippen molar-refractivity contribution >= 4 is 0 Å². The summed E-state index contributed by atoms with van der Waals surface area (Å²) in [5.74, 6) is 0.348. The number of pyridine rings is 1. The van der Waals surface area contributed by atoms with Gasteiger partial charge in [-0.3, -0.25) is 4.98 Å². The monoisotopic (exact) mass is 208 g/mol. The maximum Gasteiger partial charge on any atom is 0.0690 e. The quantitative estimate of drug-likeness (QED) is 0.746. The summed E-state index contributed by atoms with van der Waals surface area (Å²) < 4.78 is 0. The SMILES string of the molecule is CCC(C)C(O)CNCc1ccccn1. The molecule has 15 heavy (non-hydrogen) atoms. The highest BCUT2D eigenvalue weighted by atomic mass is 16.3. The van der Waals surface area contributed by atoms with E-state index in [0.29, 0.717) is 19.0 Å². The smallest absolute Gasteiger partial charge is 0.0690 e. The first-order valence-electron chi connectivity index (χ1n) is 5.52. The first-order valence-corrected chi connectivity index (χ1v) is 5.52. The van der Waals surface area contributed by atoms with Crippen LogP contribution in [0.15, 0.2) is 24.4 Å². The van der Waals surface area contributed by atoms with E-state index in [1.54, 1.807) is 6.20 Å². The molecule has 0 aliphatic carbocycles. The van der Waals surface area contributed by atoms with Gasteiger partial charge in [-0.25, -0.2) is 0 Å². The second kappa shape index (κ2) is 6.53. The molecule has 0 aliphatic rings. The third kappa shape index (κ3) is 4.40. The van der Waals surface area contributed by atoms with E-state index in [2.05, 4.69) is 24.1 Å². The van der Waals surface area contributed by atoms with Gasteiger partial charge in [0.1, 0.15) is 0 Å². The normalized spacial score (nSPS) is 14.9. The van der Waals surface area contributed by atoms with Crippen molar-refractivity contribution in [1.29, 1.82) is 0 Å². The van der Waals surface area contributed by atoms with E-state index in [-0.39, 0.29) is 6.10 Å². The maximum absolute atomic E-state index is 9.71. The predicted molar refractivity (Wildman–Crippen MR) is 61.4 cm³/mol. The molecule has 0 amide bonds. The summed E-state index contributed by atoms with van der Waals surface area (Å²) in [6.45, 7) is 5.50. The van der Waals surface area contributed by atoms with Crippen molar-refractivity contribution < 1.29 is 5.11 Å². The van der Waals surface area contributed by atoms with Crippen LogP contribution in [0.3, 0.4) is 0 Å². The van der Waals surface area contributed by atoms with Gasteiger partial charge in [-0.2, -0.15) is 0 Å². The highest BCUT2D eigenvalue weighted by molar-refractivity contribution is 5.02. The van der Waals surface area contributed by atoms with E-state index in [9.17, 15) is 5.11 Å². The Balaban J connectivity index is 2.22. The Morgan fingerprint density at radius 3 is 2.87 bits per heavy atom. The van der Waals surface area contributed by atoms with Crippen LogP contribution >= 0.6 is 0 Å². The molecule has 2 N–H and O–H groups in total. The van der Waals surface area contributed by atoms with Crippen molar-refractivity contribution in [3.8, 4) is 0 Å². The molecule has 1 aromatic heterocycles. The van der Waals surface area contributed by atoms with Gasteiger partial charge >= 0.3 is 0 Å². The number of nitrogens with one attached hydrogen (secondary N) is 1. The lowest BCUT2D eigenvalue weighted by atomic mass is 10.0. The van der Waals surface area contributed by atoms with Gasteiger partial charge in [-0.05, 0) is 18.1 Å². The van der Waals surface area contributed by atoms with E-state index in [1.807, 2.05) is 18.2 Å². The minimum Gasteiger partial charge on any atom is -0.392 e. The zero-order valence-electron chi connectivity index (χ0n) is 9.48. The molecule has 0 spiro atoms. The molecule has 1 rings (SSSR count). The number of aliphatic hydroxyl groups excluding tert-OH is 1. The molecule has 0 radical (unpaired) electrons. The van der Waals surface area contributed by atoms with Gasteiger partial charge in [-0.15, -0.1) is 0 Å². The van der Waals surface area contributed by atoms with Crippen LogP contribution < -0.4 is 5.32 Å². The standard InChI is InChI=1S/C12H20N2O/c1-3-10(2)12(15)9-13-8-11-6-4-5-7-14-11/h4-7,10,12-13,15H,3,8-9H2,1-2H3. The molecular weight excluding hydrogens is 188 g/mol. The lowest BCUT2D eigenvalue weighted by molar-refractivity contribution is 0.112. The minimum absolute atomic E-state index is 0.265. The molecule has 2 atom stereocenters. The zero-order chi connectivity index (χ0) is 11.1. The summed E-state index contributed by atoms with van der Waals surface area (Å²) in [5, 5.41) is 12.9. The van der Waals surface area contributed by atoms with Crippen LogP contribution in [0.4, 0.5) is 0 Å². The minimum atomic E-state index is -0.265. The molecule has 84 valence electrons. The maximum atomic E-state index is 9.71. The Bertz CT molecular complexity index is 264. The number of aliphatic hydroxyl groups is 1. The Morgan fingerprint density at radius 2 is 2.27 bits per heavy atom. The number of nitrogens with zero attached hydrogens (tertiary/aromatic N) is 1. The van der Waals surface area contributed by atoms with Gasteiger partial charge in [-0.1, -0.05) is 26.3 Å². The molecule has 3 heteroatoms. The van der Waals surface area contributed by atoms with Gasteiger partial charge in [0.25, 0.3) is 0 Å². The van der Waals surface area contributed by atoms with Crippen molar-refractivity contribution in [2.45, 2.75) is 32.9 Å².